The zero-order chi connectivity index (χ0) is 36.8. The van der Waals surface area contributed by atoms with Crippen LogP contribution in [0, 0.1) is 0 Å². The van der Waals surface area contributed by atoms with Crippen molar-refractivity contribution in [2.45, 2.75) is 5.41 Å². The van der Waals surface area contributed by atoms with Crippen LogP contribution in [0.2, 0.25) is 0 Å². The number of thiophene rings is 1. The van der Waals surface area contributed by atoms with Gasteiger partial charge in [-0.1, -0.05) is 164 Å². The van der Waals surface area contributed by atoms with Crippen molar-refractivity contribution in [3.05, 3.63) is 210 Å². The second-order valence-corrected chi connectivity index (χ2v) is 15.7. The number of fused-ring (bicyclic) bond motifs is 13. The zero-order valence-corrected chi connectivity index (χ0v) is 31.0. The fraction of sp³-hybridized carbons (Fsp3) is 0.0192. The van der Waals surface area contributed by atoms with Gasteiger partial charge in [0.2, 0.25) is 0 Å². The molecule has 0 saturated carbocycles. The molecule has 0 saturated heterocycles. The summed E-state index contributed by atoms with van der Waals surface area (Å²) >= 11 is 1.82. The van der Waals surface area contributed by atoms with Crippen LogP contribution in [0.25, 0.3) is 87.7 Å². The summed E-state index contributed by atoms with van der Waals surface area (Å²) in [6.45, 7) is 0. The molecule has 0 aliphatic heterocycles. The van der Waals surface area contributed by atoms with Gasteiger partial charge in [-0.25, -0.2) is 15.0 Å². The molecular weight excluding hydrogens is 699 g/mol. The average Bonchev–Trinajstić information content (AvgIpc) is 3.90. The van der Waals surface area contributed by atoms with Gasteiger partial charge in [0.25, 0.3) is 0 Å². The van der Waals surface area contributed by atoms with E-state index in [4.69, 9.17) is 15.0 Å². The van der Waals surface area contributed by atoms with Crippen LogP contribution in [0.1, 0.15) is 22.3 Å². The van der Waals surface area contributed by atoms with Crippen molar-refractivity contribution in [1.82, 2.24) is 15.0 Å². The highest BCUT2D eigenvalue weighted by molar-refractivity contribution is 7.25. The molecule has 10 aromatic rings. The molecule has 2 heterocycles. The molecule has 0 radical (unpaired) electrons. The minimum atomic E-state index is -0.485. The second-order valence-electron chi connectivity index (χ2n) is 14.6. The maximum atomic E-state index is 5.33. The fourth-order valence-electron chi connectivity index (χ4n) is 9.50. The maximum Gasteiger partial charge on any atom is 0.164 e. The Morgan fingerprint density at radius 2 is 0.804 bits per heavy atom. The molecule has 0 amide bonds. The van der Waals surface area contributed by atoms with Gasteiger partial charge in [-0.05, 0) is 79.9 Å². The van der Waals surface area contributed by atoms with E-state index in [0.717, 1.165) is 22.3 Å². The van der Waals surface area contributed by atoms with Crippen LogP contribution in [0.4, 0.5) is 0 Å². The quantitative estimate of drug-likeness (QED) is 0.181. The molecule has 4 heteroatoms. The molecule has 0 N–H and O–H groups in total. The number of hydrogen-bond donors (Lipinski definition) is 0. The summed E-state index contributed by atoms with van der Waals surface area (Å²) in [4.78, 5) is 15.7. The van der Waals surface area contributed by atoms with Gasteiger partial charge in [0.05, 0.1) is 5.41 Å². The molecule has 0 atom stereocenters. The van der Waals surface area contributed by atoms with Gasteiger partial charge in [-0.3, -0.25) is 0 Å². The third-order valence-electron chi connectivity index (χ3n) is 11.8. The maximum absolute atomic E-state index is 5.33. The lowest BCUT2D eigenvalue weighted by atomic mass is 9.68. The Morgan fingerprint density at radius 1 is 0.321 bits per heavy atom. The van der Waals surface area contributed by atoms with Crippen molar-refractivity contribution < 1.29 is 0 Å². The van der Waals surface area contributed by atoms with E-state index in [-0.39, 0.29) is 0 Å². The van der Waals surface area contributed by atoms with Crippen LogP contribution in [0.5, 0.6) is 0 Å². The van der Waals surface area contributed by atoms with Crippen molar-refractivity contribution >= 4 is 31.5 Å². The summed E-state index contributed by atoms with van der Waals surface area (Å²) < 4.78 is 2.53. The Hall–Kier alpha value is -7.01. The highest BCUT2D eigenvalue weighted by Crippen LogP contribution is 2.64. The van der Waals surface area contributed by atoms with Crippen molar-refractivity contribution in [2.75, 3.05) is 0 Å². The molecule has 0 unspecified atom stereocenters. The van der Waals surface area contributed by atoms with E-state index < -0.39 is 5.41 Å². The molecule has 56 heavy (non-hydrogen) atoms. The average molecular weight is 730 g/mol. The topological polar surface area (TPSA) is 38.7 Å². The number of nitrogens with zero attached hydrogens (tertiary/aromatic N) is 3. The molecule has 8 aromatic carbocycles. The third-order valence-corrected chi connectivity index (χ3v) is 12.9. The number of hydrogen-bond acceptors (Lipinski definition) is 4. The Bertz CT molecular complexity index is 3150. The molecule has 12 rings (SSSR count). The monoisotopic (exact) mass is 729 g/mol. The number of aromatic nitrogens is 3. The SMILES string of the molecule is c1ccc(-c2nc(-c3ccc4sc5ccccc5c4c3)nc(-c3ccccc3-c3cccc4c3C3(c5ccccc5-c5ccccc53)c3ccccc3-4)n2)cc1. The van der Waals surface area contributed by atoms with E-state index in [0.29, 0.717) is 17.5 Å². The number of benzene rings is 8. The van der Waals surface area contributed by atoms with Crippen LogP contribution in [-0.4, -0.2) is 15.0 Å². The van der Waals surface area contributed by atoms with Gasteiger partial charge in [0.15, 0.2) is 17.5 Å². The predicted octanol–water partition coefficient (Wildman–Crippen LogP) is 13.3. The van der Waals surface area contributed by atoms with E-state index in [1.54, 1.807) is 0 Å². The molecule has 0 fully saturated rings. The van der Waals surface area contributed by atoms with Crippen LogP contribution in [0.15, 0.2) is 188 Å². The largest absolute Gasteiger partial charge is 0.208 e. The van der Waals surface area contributed by atoms with E-state index in [1.165, 1.54) is 70.2 Å². The summed E-state index contributed by atoms with van der Waals surface area (Å²) in [7, 11) is 0. The van der Waals surface area contributed by atoms with Gasteiger partial charge in [-0.2, -0.15) is 0 Å². The van der Waals surface area contributed by atoms with Gasteiger partial charge in [0, 0.05) is 36.9 Å². The van der Waals surface area contributed by atoms with E-state index in [1.807, 2.05) is 29.5 Å². The lowest BCUT2D eigenvalue weighted by Gasteiger charge is -2.32. The molecule has 2 aliphatic rings. The van der Waals surface area contributed by atoms with E-state index in [9.17, 15) is 0 Å². The molecule has 2 aliphatic carbocycles. The Morgan fingerprint density at radius 3 is 1.50 bits per heavy atom. The lowest BCUT2D eigenvalue weighted by Crippen LogP contribution is -2.26. The van der Waals surface area contributed by atoms with Crippen LogP contribution in [-0.2, 0) is 5.41 Å². The van der Waals surface area contributed by atoms with Gasteiger partial charge in [-0.15, -0.1) is 11.3 Å². The zero-order valence-electron chi connectivity index (χ0n) is 30.1. The third kappa shape index (κ3) is 4.36. The normalized spacial score (nSPS) is 13.1. The highest BCUT2D eigenvalue weighted by atomic mass is 32.1. The summed E-state index contributed by atoms with van der Waals surface area (Å²) in [6, 6.07) is 67.9. The van der Waals surface area contributed by atoms with Gasteiger partial charge >= 0.3 is 0 Å². The van der Waals surface area contributed by atoms with Crippen LogP contribution in [0.3, 0.4) is 0 Å². The van der Waals surface area contributed by atoms with E-state index >= 15 is 0 Å². The first-order valence-electron chi connectivity index (χ1n) is 19.0. The first-order chi connectivity index (χ1) is 27.8. The predicted molar refractivity (Wildman–Crippen MR) is 231 cm³/mol. The van der Waals surface area contributed by atoms with Crippen molar-refractivity contribution in [3.63, 3.8) is 0 Å². The molecule has 2 aromatic heterocycles. The van der Waals surface area contributed by atoms with E-state index in [2.05, 4.69) is 170 Å². The Labute approximate surface area is 328 Å². The molecule has 260 valence electrons. The van der Waals surface area contributed by atoms with Crippen LogP contribution < -0.4 is 0 Å². The first-order valence-corrected chi connectivity index (χ1v) is 19.8. The summed E-state index contributed by atoms with van der Waals surface area (Å²) in [6.07, 6.45) is 0. The molecule has 0 bridgehead atoms. The summed E-state index contributed by atoms with van der Waals surface area (Å²) in [5.41, 5.74) is 15.1. The van der Waals surface area contributed by atoms with Gasteiger partial charge in [0.1, 0.15) is 0 Å². The first kappa shape index (κ1) is 31.4. The lowest BCUT2D eigenvalue weighted by molar-refractivity contribution is 0.796. The van der Waals surface area contributed by atoms with Crippen molar-refractivity contribution in [3.8, 4) is 67.5 Å². The minimum absolute atomic E-state index is 0.485. The molecule has 3 nitrogen and oxygen atoms in total. The molecular formula is C52H31N3S. The Balaban J connectivity index is 1.12. The summed E-state index contributed by atoms with van der Waals surface area (Å²) in [5.74, 6) is 1.95. The fourth-order valence-corrected chi connectivity index (χ4v) is 10.6. The Kier molecular flexibility index (Phi) is 6.72. The smallest absolute Gasteiger partial charge is 0.164 e. The van der Waals surface area contributed by atoms with Crippen molar-refractivity contribution in [1.29, 1.82) is 0 Å². The van der Waals surface area contributed by atoms with Crippen molar-refractivity contribution in [2.24, 2.45) is 0 Å². The summed E-state index contributed by atoms with van der Waals surface area (Å²) in [5, 5.41) is 2.47. The highest BCUT2D eigenvalue weighted by Gasteiger charge is 2.52. The minimum Gasteiger partial charge on any atom is -0.208 e. The molecule has 1 spiro atoms. The van der Waals surface area contributed by atoms with Gasteiger partial charge < -0.3 is 0 Å². The van der Waals surface area contributed by atoms with Crippen LogP contribution >= 0.6 is 11.3 Å². The standard InChI is InChI=1S/C52H31N3S/c1-2-15-32(16-3-1)49-53-50(33-29-30-47-42(31-33)38-21-9-13-28-46(38)56-47)55-51(54-49)41-22-5-4-17-34(41)39-23-14-24-40-37-20-8-12-27-45(37)52(48(39)40)43-25-10-6-18-35(43)36-19-7-11-26-44(36)52/h1-31H. The second kappa shape index (κ2) is 12.0. The number of rotatable bonds is 4.